The summed E-state index contributed by atoms with van der Waals surface area (Å²) in [5.41, 5.74) is -1.56. The molecule has 0 aromatic heterocycles. The number of ether oxygens (including phenoxy) is 1. The van der Waals surface area contributed by atoms with Gasteiger partial charge >= 0.3 is 12.0 Å². The number of carbonyl (C=O) groups excluding carboxylic acids is 1. The zero-order valence-electron chi connectivity index (χ0n) is 12.2. The fraction of sp³-hybridized carbons (Fsp3) is 0.846. The molecule has 19 heavy (non-hydrogen) atoms. The second-order valence-electron chi connectivity index (χ2n) is 5.67. The summed E-state index contributed by atoms with van der Waals surface area (Å²) in [5.74, 6) is -1.02. The molecule has 0 aliphatic carbocycles. The van der Waals surface area contributed by atoms with Crippen molar-refractivity contribution >= 4 is 12.0 Å². The van der Waals surface area contributed by atoms with E-state index >= 15 is 0 Å². The van der Waals surface area contributed by atoms with Gasteiger partial charge in [-0.25, -0.2) is 9.59 Å². The number of urea groups is 1. The minimum atomic E-state index is -1.23. The number of aliphatic carboxylic acids is 1. The average Bonchev–Trinajstić information content (AvgIpc) is 2.74. The van der Waals surface area contributed by atoms with Gasteiger partial charge in [0.2, 0.25) is 0 Å². The fourth-order valence-corrected chi connectivity index (χ4v) is 2.24. The Morgan fingerprint density at radius 2 is 2.11 bits per heavy atom. The summed E-state index contributed by atoms with van der Waals surface area (Å²) >= 11 is 0. The molecule has 0 spiro atoms. The van der Waals surface area contributed by atoms with E-state index in [0.717, 1.165) is 12.8 Å². The quantitative estimate of drug-likeness (QED) is 0.794. The van der Waals surface area contributed by atoms with E-state index in [1.54, 1.807) is 6.92 Å². The molecule has 1 saturated heterocycles. The molecule has 0 bridgehead atoms. The zero-order valence-corrected chi connectivity index (χ0v) is 12.2. The van der Waals surface area contributed by atoms with Crippen LogP contribution in [0.3, 0.4) is 0 Å². The molecule has 6 nitrogen and oxygen atoms in total. The summed E-state index contributed by atoms with van der Waals surface area (Å²) in [6.07, 6.45) is 1.90. The van der Waals surface area contributed by atoms with Crippen molar-refractivity contribution in [3.05, 3.63) is 0 Å². The Morgan fingerprint density at radius 3 is 2.53 bits per heavy atom. The van der Waals surface area contributed by atoms with Crippen LogP contribution in [-0.2, 0) is 9.53 Å². The smallest absolute Gasteiger partial charge is 0.329 e. The Labute approximate surface area is 114 Å². The highest BCUT2D eigenvalue weighted by atomic mass is 16.5. The number of carboxylic acids is 1. The van der Waals surface area contributed by atoms with Gasteiger partial charge in [0.25, 0.3) is 0 Å². The Morgan fingerprint density at radius 1 is 1.47 bits per heavy atom. The Hall–Kier alpha value is -1.30. The van der Waals surface area contributed by atoms with Crippen molar-refractivity contribution in [2.75, 3.05) is 19.7 Å². The first-order chi connectivity index (χ1) is 8.73. The molecule has 1 heterocycles. The maximum absolute atomic E-state index is 12.1. The largest absolute Gasteiger partial charge is 0.480 e. The normalized spacial score (nSPS) is 23.2. The van der Waals surface area contributed by atoms with Crippen LogP contribution in [0.5, 0.6) is 0 Å². The molecule has 1 unspecified atom stereocenters. The third kappa shape index (κ3) is 3.59. The van der Waals surface area contributed by atoms with Crippen molar-refractivity contribution in [3.63, 3.8) is 0 Å². The van der Waals surface area contributed by atoms with E-state index in [4.69, 9.17) is 4.74 Å². The number of hydrogen-bond acceptors (Lipinski definition) is 3. The minimum Gasteiger partial charge on any atom is -0.480 e. The van der Waals surface area contributed by atoms with Crippen LogP contribution < -0.4 is 5.32 Å². The molecule has 0 aromatic carbocycles. The monoisotopic (exact) mass is 272 g/mol. The summed E-state index contributed by atoms with van der Waals surface area (Å²) in [6, 6.07) is -0.369. The number of nitrogens with one attached hydrogen (secondary N) is 1. The van der Waals surface area contributed by atoms with Gasteiger partial charge in [-0.2, -0.15) is 0 Å². The lowest BCUT2D eigenvalue weighted by Crippen LogP contribution is -2.57. The molecule has 0 aromatic rings. The summed E-state index contributed by atoms with van der Waals surface area (Å²) in [4.78, 5) is 24.6. The highest BCUT2D eigenvalue weighted by Crippen LogP contribution is 2.24. The van der Waals surface area contributed by atoms with Crippen LogP contribution in [0, 0.1) is 0 Å². The molecule has 2 amide bonds. The molecule has 1 aliphatic rings. The van der Waals surface area contributed by atoms with Crippen LogP contribution in [0.2, 0.25) is 0 Å². The van der Waals surface area contributed by atoms with E-state index in [-0.39, 0.29) is 11.6 Å². The molecular weight excluding hydrogens is 248 g/mol. The summed E-state index contributed by atoms with van der Waals surface area (Å²) in [5, 5.41) is 12.0. The molecule has 1 rings (SSSR count). The van der Waals surface area contributed by atoms with Gasteiger partial charge in [0.15, 0.2) is 0 Å². The molecule has 2 N–H and O–H groups in total. The zero-order chi connectivity index (χ0) is 14.7. The third-order valence-electron chi connectivity index (χ3n) is 3.67. The van der Waals surface area contributed by atoms with Gasteiger partial charge < -0.3 is 20.1 Å². The lowest BCUT2D eigenvalue weighted by Gasteiger charge is -2.35. The second-order valence-corrected chi connectivity index (χ2v) is 5.67. The van der Waals surface area contributed by atoms with Gasteiger partial charge in [0.05, 0.1) is 5.60 Å². The maximum atomic E-state index is 12.1. The predicted molar refractivity (Wildman–Crippen MR) is 71.1 cm³/mol. The van der Waals surface area contributed by atoms with Crippen molar-refractivity contribution in [2.24, 2.45) is 0 Å². The van der Waals surface area contributed by atoms with E-state index in [1.165, 1.54) is 18.7 Å². The van der Waals surface area contributed by atoms with Gasteiger partial charge in [0, 0.05) is 19.7 Å². The van der Waals surface area contributed by atoms with Crippen molar-refractivity contribution in [3.8, 4) is 0 Å². The molecule has 1 fully saturated rings. The highest BCUT2D eigenvalue weighted by molar-refractivity contribution is 5.85. The fourth-order valence-electron chi connectivity index (χ4n) is 2.24. The van der Waals surface area contributed by atoms with Crippen molar-refractivity contribution in [1.29, 1.82) is 0 Å². The second kappa shape index (κ2) is 5.77. The first kappa shape index (κ1) is 15.8. The van der Waals surface area contributed by atoms with E-state index < -0.39 is 11.5 Å². The van der Waals surface area contributed by atoms with Crippen molar-refractivity contribution < 1.29 is 19.4 Å². The van der Waals surface area contributed by atoms with Crippen molar-refractivity contribution in [1.82, 2.24) is 10.2 Å². The van der Waals surface area contributed by atoms with E-state index in [0.29, 0.717) is 19.7 Å². The number of carbonyl (C=O) groups is 2. The van der Waals surface area contributed by atoms with Gasteiger partial charge in [0.1, 0.15) is 5.54 Å². The van der Waals surface area contributed by atoms with Crippen LogP contribution in [0.4, 0.5) is 4.79 Å². The maximum Gasteiger partial charge on any atom is 0.329 e. The molecule has 110 valence electrons. The topological polar surface area (TPSA) is 78.9 Å². The molecule has 1 atom stereocenters. The van der Waals surface area contributed by atoms with Gasteiger partial charge in [-0.05, 0) is 40.5 Å². The Balaban J connectivity index is 2.62. The average molecular weight is 272 g/mol. The van der Waals surface area contributed by atoms with E-state index in [1.807, 2.05) is 6.92 Å². The summed E-state index contributed by atoms with van der Waals surface area (Å²) in [7, 11) is 0. The number of likely N-dealkylation sites (N-methyl/N-ethyl adjacent to an activating group) is 1. The Kier molecular flexibility index (Phi) is 4.79. The first-order valence-electron chi connectivity index (χ1n) is 6.66. The van der Waals surface area contributed by atoms with Crippen LogP contribution in [0.25, 0.3) is 0 Å². The van der Waals surface area contributed by atoms with Crippen LogP contribution in [0.15, 0.2) is 0 Å². The predicted octanol–water partition coefficient (Wildman–Crippen LogP) is 1.45. The number of nitrogens with zero attached hydrogens (tertiary/aromatic N) is 1. The molecular formula is C13H24N2O4. The lowest BCUT2D eigenvalue weighted by molar-refractivity contribution is -0.147. The van der Waals surface area contributed by atoms with E-state index in [2.05, 4.69) is 5.32 Å². The Bertz CT molecular complexity index is 349. The van der Waals surface area contributed by atoms with Crippen LogP contribution in [0.1, 0.15) is 40.5 Å². The number of amides is 2. The number of hydrogen-bond donors (Lipinski definition) is 2. The molecule has 6 heteroatoms. The standard InChI is InChI=1S/C13H24N2O4/c1-5-15(12(2,3)10(16)17)11(18)14-9-13(4)7-6-8-19-13/h5-9H2,1-4H3,(H,14,18)(H,16,17). The summed E-state index contributed by atoms with van der Waals surface area (Å²) in [6.45, 7) is 8.21. The molecule has 1 aliphatic heterocycles. The number of carboxylic acid groups (broad SMARTS) is 1. The molecule has 0 saturated carbocycles. The first-order valence-corrected chi connectivity index (χ1v) is 6.66. The highest BCUT2D eigenvalue weighted by Gasteiger charge is 2.38. The lowest BCUT2D eigenvalue weighted by atomic mass is 10.0. The third-order valence-corrected chi connectivity index (χ3v) is 3.67. The van der Waals surface area contributed by atoms with Gasteiger partial charge in [-0.15, -0.1) is 0 Å². The number of rotatable bonds is 5. The SMILES string of the molecule is CCN(C(=O)NCC1(C)CCCO1)C(C)(C)C(=O)O. The minimum absolute atomic E-state index is 0.331. The van der Waals surface area contributed by atoms with Gasteiger partial charge in [-0.3, -0.25) is 0 Å². The van der Waals surface area contributed by atoms with Crippen molar-refractivity contribution in [2.45, 2.75) is 51.7 Å². The van der Waals surface area contributed by atoms with Gasteiger partial charge in [-0.1, -0.05) is 0 Å². The molecule has 0 radical (unpaired) electrons. The van der Waals surface area contributed by atoms with E-state index in [9.17, 15) is 14.7 Å². The summed E-state index contributed by atoms with van der Waals surface area (Å²) < 4.78 is 5.59. The van der Waals surface area contributed by atoms with Crippen LogP contribution in [-0.4, -0.2) is 52.8 Å². The van der Waals surface area contributed by atoms with Crippen LogP contribution >= 0.6 is 0 Å².